The van der Waals surface area contributed by atoms with E-state index in [-0.39, 0.29) is 29.9 Å². The fraction of sp³-hybridized carbons (Fsp3) is 0.300. The number of ether oxygens (including phenoxy) is 1. The first-order valence-electron chi connectivity index (χ1n) is 8.54. The molecule has 2 rings (SSSR count). The lowest BCUT2D eigenvalue weighted by Gasteiger charge is -2.12. The van der Waals surface area contributed by atoms with Gasteiger partial charge in [0.15, 0.2) is 5.96 Å². The molecule has 0 aliphatic heterocycles. The Bertz CT molecular complexity index is 748. The van der Waals surface area contributed by atoms with E-state index < -0.39 is 0 Å². The predicted octanol–water partition coefficient (Wildman–Crippen LogP) is 2.72. The molecule has 0 saturated heterocycles. The molecule has 2 aromatic rings. The lowest BCUT2D eigenvalue weighted by Crippen LogP contribution is -2.41. The van der Waals surface area contributed by atoms with Crippen LogP contribution in [0, 0.1) is 6.92 Å². The summed E-state index contributed by atoms with van der Waals surface area (Å²) >= 11 is 0. The van der Waals surface area contributed by atoms with Crippen LogP contribution in [0.5, 0.6) is 5.75 Å². The van der Waals surface area contributed by atoms with Crippen LogP contribution in [-0.4, -0.2) is 39.1 Å². The molecule has 1 amide bonds. The number of hydrogen-bond acceptors (Lipinski definition) is 3. The van der Waals surface area contributed by atoms with E-state index in [9.17, 15) is 4.79 Å². The van der Waals surface area contributed by atoms with E-state index in [0.29, 0.717) is 36.9 Å². The van der Waals surface area contributed by atoms with Crippen molar-refractivity contribution in [2.75, 3.05) is 27.2 Å². The molecule has 27 heavy (non-hydrogen) atoms. The average molecular weight is 482 g/mol. The number of nitrogens with one attached hydrogen (secondary N) is 3. The minimum Gasteiger partial charge on any atom is -0.497 e. The fourth-order valence-electron chi connectivity index (χ4n) is 2.34. The second-order valence-corrected chi connectivity index (χ2v) is 5.83. The fourth-order valence-corrected chi connectivity index (χ4v) is 2.34. The predicted molar refractivity (Wildman–Crippen MR) is 120 cm³/mol. The standard InChI is InChI=1S/C20H26N4O2.HI/c1-15-7-9-16(10-8-15)14-24-20(21-2)23-12-11-22-19(25)17-5-4-6-18(13-17)26-3;/h4-10,13H,11-12,14H2,1-3H3,(H,22,25)(H2,21,23,24);1H. The number of rotatable bonds is 7. The molecule has 146 valence electrons. The Balaban J connectivity index is 0.00000364. The third-order valence-corrected chi connectivity index (χ3v) is 3.84. The van der Waals surface area contributed by atoms with Crippen LogP contribution in [0.15, 0.2) is 53.5 Å². The van der Waals surface area contributed by atoms with Gasteiger partial charge in [0.2, 0.25) is 0 Å². The maximum Gasteiger partial charge on any atom is 0.251 e. The van der Waals surface area contributed by atoms with Crippen molar-refractivity contribution >= 4 is 35.8 Å². The number of carbonyl (C=O) groups excluding carboxylic acids is 1. The highest BCUT2D eigenvalue weighted by molar-refractivity contribution is 14.0. The summed E-state index contributed by atoms with van der Waals surface area (Å²) in [5.41, 5.74) is 3.00. The summed E-state index contributed by atoms with van der Waals surface area (Å²) in [7, 11) is 3.30. The zero-order chi connectivity index (χ0) is 18.8. The van der Waals surface area contributed by atoms with Gasteiger partial charge in [-0.3, -0.25) is 9.79 Å². The van der Waals surface area contributed by atoms with Gasteiger partial charge in [0.05, 0.1) is 7.11 Å². The number of hydrogen-bond donors (Lipinski definition) is 3. The van der Waals surface area contributed by atoms with Gasteiger partial charge in [0, 0.05) is 32.2 Å². The molecule has 0 heterocycles. The van der Waals surface area contributed by atoms with Crippen molar-refractivity contribution in [1.29, 1.82) is 0 Å². The van der Waals surface area contributed by atoms with Gasteiger partial charge in [0.1, 0.15) is 5.75 Å². The number of halogens is 1. The molecule has 0 saturated carbocycles. The van der Waals surface area contributed by atoms with Crippen molar-refractivity contribution in [3.63, 3.8) is 0 Å². The van der Waals surface area contributed by atoms with Crippen molar-refractivity contribution in [2.24, 2.45) is 4.99 Å². The van der Waals surface area contributed by atoms with Crippen molar-refractivity contribution in [3.8, 4) is 5.75 Å². The van der Waals surface area contributed by atoms with Crippen LogP contribution in [0.3, 0.4) is 0 Å². The minimum atomic E-state index is -0.131. The molecular formula is C20H27IN4O2. The van der Waals surface area contributed by atoms with Crippen LogP contribution in [0.4, 0.5) is 0 Å². The Morgan fingerprint density at radius 3 is 2.41 bits per heavy atom. The molecule has 0 aliphatic rings. The molecule has 0 fully saturated rings. The van der Waals surface area contributed by atoms with E-state index in [2.05, 4.69) is 52.1 Å². The first kappa shape index (κ1) is 22.8. The lowest BCUT2D eigenvalue weighted by molar-refractivity contribution is 0.0954. The summed E-state index contributed by atoms with van der Waals surface area (Å²) in [6.07, 6.45) is 0. The molecule has 2 aromatic carbocycles. The Kier molecular flexibility index (Phi) is 10.2. The van der Waals surface area contributed by atoms with E-state index in [0.717, 1.165) is 0 Å². The van der Waals surface area contributed by atoms with Crippen LogP contribution in [0.25, 0.3) is 0 Å². The second kappa shape index (κ2) is 12.2. The van der Waals surface area contributed by atoms with Crippen LogP contribution in [-0.2, 0) is 6.54 Å². The van der Waals surface area contributed by atoms with Gasteiger partial charge in [-0.05, 0) is 30.7 Å². The Morgan fingerprint density at radius 2 is 1.74 bits per heavy atom. The molecule has 0 radical (unpaired) electrons. The van der Waals surface area contributed by atoms with Crippen LogP contribution in [0.2, 0.25) is 0 Å². The normalized spacial score (nSPS) is 10.6. The second-order valence-electron chi connectivity index (χ2n) is 5.83. The number of guanidine groups is 1. The van der Waals surface area contributed by atoms with Gasteiger partial charge in [-0.1, -0.05) is 35.9 Å². The third-order valence-electron chi connectivity index (χ3n) is 3.84. The highest BCUT2D eigenvalue weighted by Crippen LogP contribution is 2.12. The summed E-state index contributed by atoms with van der Waals surface area (Å²) in [6, 6.07) is 15.4. The highest BCUT2D eigenvalue weighted by Gasteiger charge is 2.06. The van der Waals surface area contributed by atoms with Crippen molar-refractivity contribution in [3.05, 3.63) is 65.2 Å². The minimum absolute atomic E-state index is 0. The molecule has 3 N–H and O–H groups in total. The van der Waals surface area contributed by atoms with Gasteiger partial charge >= 0.3 is 0 Å². The molecule has 0 aromatic heterocycles. The number of aliphatic imine (C=N–C) groups is 1. The van der Waals surface area contributed by atoms with E-state index in [4.69, 9.17) is 4.74 Å². The Morgan fingerprint density at radius 1 is 1.04 bits per heavy atom. The third kappa shape index (κ3) is 7.86. The van der Waals surface area contributed by atoms with Crippen molar-refractivity contribution < 1.29 is 9.53 Å². The molecule has 0 spiro atoms. The monoisotopic (exact) mass is 482 g/mol. The summed E-state index contributed by atoms with van der Waals surface area (Å²) in [4.78, 5) is 16.3. The topological polar surface area (TPSA) is 74.8 Å². The zero-order valence-corrected chi connectivity index (χ0v) is 18.2. The number of aryl methyl sites for hydroxylation is 1. The number of benzene rings is 2. The van der Waals surface area contributed by atoms with Gasteiger partial charge in [0.25, 0.3) is 5.91 Å². The molecule has 0 unspecified atom stereocenters. The Labute approximate surface area is 177 Å². The molecule has 0 atom stereocenters. The van der Waals surface area contributed by atoms with E-state index >= 15 is 0 Å². The number of nitrogens with zero attached hydrogens (tertiary/aromatic N) is 1. The first-order valence-corrected chi connectivity index (χ1v) is 8.54. The highest BCUT2D eigenvalue weighted by atomic mass is 127. The van der Waals surface area contributed by atoms with Crippen LogP contribution < -0.4 is 20.7 Å². The summed E-state index contributed by atoms with van der Waals surface area (Å²) in [5.74, 6) is 1.23. The first-order chi connectivity index (χ1) is 12.6. The molecule has 0 bridgehead atoms. The van der Waals surface area contributed by atoms with E-state index in [1.165, 1.54) is 11.1 Å². The Hall–Kier alpha value is -2.29. The van der Waals surface area contributed by atoms with Crippen molar-refractivity contribution in [2.45, 2.75) is 13.5 Å². The van der Waals surface area contributed by atoms with Gasteiger partial charge < -0.3 is 20.7 Å². The summed E-state index contributed by atoms with van der Waals surface area (Å²) in [6.45, 7) is 3.82. The van der Waals surface area contributed by atoms with Gasteiger partial charge in [-0.15, -0.1) is 24.0 Å². The van der Waals surface area contributed by atoms with Crippen molar-refractivity contribution in [1.82, 2.24) is 16.0 Å². The maximum atomic E-state index is 12.1. The lowest BCUT2D eigenvalue weighted by atomic mass is 10.1. The summed E-state index contributed by atoms with van der Waals surface area (Å²) < 4.78 is 5.13. The zero-order valence-electron chi connectivity index (χ0n) is 15.9. The quantitative estimate of drug-likeness (QED) is 0.246. The molecule has 6 nitrogen and oxygen atoms in total. The molecule has 0 aliphatic carbocycles. The van der Waals surface area contributed by atoms with E-state index in [1.54, 1.807) is 32.4 Å². The smallest absolute Gasteiger partial charge is 0.251 e. The number of amides is 1. The molecule has 7 heteroatoms. The van der Waals surface area contributed by atoms with Gasteiger partial charge in [-0.2, -0.15) is 0 Å². The maximum absolute atomic E-state index is 12.1. The average Bonchev–Trinajstić information content (AvgIpc) is 2.68. The van der Waals surface area contributed by atoms with Crippen LogP contribution in [0.1, 0.15) is 21.5 Å². The SMILES string of the molecule is CN=C(NCCNC(=O)c1cccc(OC)c1)NCc1ccc(C)cc1.I. The van der Waals surface area contributed by atoms with Crippen LogP contribution >= 0.6 is 24.0 Å². The number of carbonyl (C=O) groups is 1. The number of methoxy groups -OCH3 is 1. The van der Waals surface area contributed by atoms with Gasteiger partial charge in [-0.25, -0.2) is 0 Å². The summed E-state index contributed by atoms with van der Waals surface area (Å²) in [5, 5.41) is 9.30. The van der Waals surface area contributed by atoms with E-state index in [1.807, 2.05) is 6.07 Å². The largest absolute Gasteiger partial charge is 0.497 e. The molecular weight excluding hydrogens is 455 g/mol.